The molecule has 3 N–H and O–H groups in total. The third kappa shape index (κ3) is 8.03. The molecular formula is C37H50Br2N2O4S2. The molecule has 0 bridgehead atoms. The van der Waals surface area contributed by atoms with Crippen molar-refractivity contribution in [1.82, 2.24) is 10.6 Å². The summed E-state index contributed by atoms with van der Waals surface area (Å²) in [4.78, 5) is 25.4. The fraction of sp³-hybridized carbons (Fsp3) is 0.486. The molecule has 258 valence electrons. The number of thiocarbonyl (C=S) groups is 1. The van der Waals surface area contributed by atoms with E-state index in [4.69, 9.17) is 17.0 Å². The van der Waals surface area contributed by atoms with Crippen molar-refractivity contribution in [3.63, 3.8) is 0 Å². The lowest BCUT2D eigenvalue weighted by molar-refractivity contribution is -0.117. The van der Waals surface area contributed by atoms with E-state index < -0.39 is 11.1 Å². The Balaban J connectivity index is 0.000000324. The van der Waals surface area contributed by atoms with Crippen LogP contribution in [0.25, 0.3) is 11.1 Å². The Hall–Kier alpha value is -2.14. The average molecular weight is 811 g/mol. The zero-order chi connectivity index (χ0) is 34.9. The van der Waals surface area contributed by atoms with Crippen molar-refractivity contribution in [2.45, 2.75) is 101 Å². The van der Waals surface area contributed by atoms with Crippen LogP contribution >= 0.6 is 55.8 Å². The van der Waals surface area contributed by atoms with E-state index in [1.807, 2.05) is 53.0 Å². The zero-order valence-electron chi connectivity index (χ0n) is 28.6. The number of carbonyl (C=O) groups is 2. The van der Waals surface area contributed by atoms with Crippen molar-refractivity contribution in [2.24, 2.45) is 11.8 Å². The molecule has 0 aliphatic carbocycles. The van der Waals surface area contributed by atoms with Gasteiger partial charge in [-0.2, -0.15) is 0 Å². The number of aliphatic hydroxyl groups excluding tert-OH is 1. The van der Waals surface area contributed by atoms with E-state index in [0.29, 0.717) is 21.3 Å². The number of halogens is 2. The summed E-state index contributed by atoms with van der Waals surface area (Å²) in [5, 5.41) is 16.8. The number of ether oxygens (including phenoxy) is 1. The maximum absolute atomic E-state index is 13.0. The Kier molecular flexibility index (Phi) is 14.0. The maximum atomic E-state index is 13.0. The minimum absolute atomic E-state index is 0. The number of hydrogen-bond acceptors (Lipinski definition) is 6. The van der Waals surface area contributed by atoms with Gasteiger partial charge in [0.15, 0.2) is 0 Å². The van der Waals surface area contributed by atoms with Crippen molar-refractivity contribution < 1.29 is 19.4 Å². The number of hydrogen-bond donors (Lipinski definition) is 3. The molecule has 2 amide bonds. The van der Waals surface area contributed by atoms with Crippen molar-refractivity contribution in [3.05, 3.63) is 78.1 Å². The SMILES string of the molecule is C.CCc1cc(C)cc(Br)c1C1=C(O)C(C)(C(C)C)NC1=O.CCc1cc(C)cc(Br)c1C1=C(OC(=S)SC)C(C)(C(C)C)NC1=O. The molecular weight excluding hydrogens is 760 g/mol. The molecule has 0 spiro atoms. The highest BCUT2D eigenvalue weighted by atomic mass is 79.9. The van der Waals surface area contributed by atoms with E-state index >= 15 is 0 Å². The predicted molar refractivity (Wildman–Crippen MR) is 210 cm³/mol. The first-order valence-electron chi connectivity index (χ1n) is 15.6. The topological polar surface area (TPSA) is 87.7 Å². The van der Waals surface area contributed by atoms with Crippen molar-refractivity contribution >= 4 is 83.2 Å². The molecule has 0 saturated heterocycles. The molecule has 4 rings (SSSR count). The summed E-state index contributed by atoms with van der Waals surface area (Å²) in [7, 11) is 0. The van der Waals surface area contributed by atoms with Gasteiger partial charge in [-0.15, -0.1) is 0 Å². The minimum Gasteiger partial charge on any atom is -0.509 e. The number of carbonyl (C=O) groups excluding carboxylic acids is 2. The standard InChI is InChI=1S/C19H24BrNO2S2.C17H22BrNO2.CH4/c1-7-12-8-11(4)9-13(20)14(12)15-16(23-18(24)25-6)19(5,10(2)3)21-17(15)22;1-6-11-7-10(4)8-12(18)13(11)14-15(20)17(5,9(2)3)19-16(14)21;/h8-10H,7H2,1-6H3,(H,21,22);7-9,20H,6H2,1-5H3,(H,19,21);1H4. The third-order valence-electron chi connectivity index (χ3n) is 9.18. The van der Waals surface area contributed by atoms with Gasteiger partial charge in [-0.3, -0.25) is 9.59 Å². The number of rotatable bonds is 7. The largest absolute Gasteiger partial charge is 0.509 e. The number of amides is 2. The van der Waals surface area contributed by atoms with Crippen LogP contribution in [-0.2, 0) is 27.2 Å². The maximum Gasteiger partial charge on any atom is 0.256 e. The summed E-state index contributed by atoms with van der Waals surface area (Å²) in [6, 6.07) is 8.20. The normalized spacial score (nSPS) is 20.7. The second-order valence-corrected chi connectivity index (χ2v) is 16.0. The summed E-state index contributed by atoms with van der Waals surface area (Å²) in [5.74, 6) is 0.696. The van der Waals surface area contributed by atoms with Crippen LogP contribution in [0.3, 0.4) is 0 Å². The van der Waals surface area contributed by atoms with Gasteiger partial charge in [0.2, 0.25) is 4.38 Å². The number of benzene rings is 2. The van der Waals surface area contributed by atoms with Crippen LogP contribution in [0.1, 0.15) is 96.2 Å². The fourth-order valence-corrected chi connectivity index (χ4v) is 7.63. The van der Waals surface area contributed by atoms with E-state index in [-0.39, 0.29) is 36.8 Å². The molecule has 2 atom stereocenters. The average Bonchev–Trinajstić information content (AvgIpc) is 3.36. The van der Waals surface area contributed by atoms with E-state index in [1.54, 1.807) is 0 Å². The number of aliphatic hydroxyl groups is 1. The van der Waals surface area contributed by atoms with Crippen LogP contribution in [0, 0.1) is 25.7 Å². The van der Waals surface area contributed by atoms with Crippen molar-refractivity contribution in [3.8, 4) is 0 Å². The molecule has 47 heavy (non-hydrogen) atoms. The van der Waals surface area contributed by atoms with Crippen LogP contribution in [-0.4, -0.2) is 38.6 Å². The second kappa shape index (κ2) is 16.0. The molecule has 10 heteroatoms. The van der Waals surface area contributed by atoms with Crippen LogP contribution in [0.4, 0.5) is 0 Å². The lowest BCUT2D eigenvalue weighted by Crippen LogP contribution is -2.46. The Morgan fingerprint density at radius 1 is 0.851 bits per heavy atom. The molecule has 0 fully saturated rings. The van der Waals surface area contributed by atoms with Gasteiger partial charge in [-0.05, 0) is 105 Å². The first kappa shape index (κ1) is 41.0. The summed E-state index contributed by atoms with van der Waals surface area (Å²) in [6.45, 7) is 20.2. The van der Waals surface area contributed by atoms with E-state index in [1.165, 1.54) is 11.8 Å². The van der Waals surface area contributed by atoms with Gasteiger partial charge >= 0.3 is 0 Å². The van der Waals surface area contributed by atoms with E-state index in [9.17, 15) is 14.7 Å². The van der Waals surface area contributed by atoms with Crippen molar-refractivity contribution in [1.29, 1.82) is 0 Å². The minimum atomic E-state index is -0.707. The van der Waals surface area contributed by atoms with Gasteiger partial charge in [0.25, 0.3) is 11.8 Å². The highest BCUT2D eigenvalue weighted by Gasteiger charge is 2.48. The Morgan fingerprint density at radius 2 is 1.26 bits per heavy atom. The second-order valence-electron chi connectivity index (χ2n) is 12.9. The first-order valence-corrected chi connectivity index (χ1v) is 18.8. The van der Waals surface area contributed by atoms with Crippen LogP contribution in [0.5, 0.6) is 0 Å². The molecule has 2 aromatic carbocycles. The fourth-order valence-electron chi connectivity index (χ4n) is 5.75. The molecule has 0 aromatic heterocycles. The number of thioether (sulfide) groups is 1. The molecule has 2 heterocycles. The van der Waals surface area contributed by atoms with E-state index in [2.05, 4.69) is 89.2 Å². The summed E-state index contributed by atoms with van der Waals surface area (Å²) < 4.78 is 8.20. The Bertz CT molecular complexity index is 1630. The van der Waals surface area contributed by atoms with Crippen LogP contribution in [0.15, 0.2) is 44.7 Å². The molecule has 6 nitrogen and oxygen atoms in total. The lowest BCUT2D eigenvalue weighted by Gasteiger charge is -2.31. The lowest BCUT2D eigenvalue weighted by atomic mass is 9.85. The van der Waals surface area contributed by atoms with Gasteiger partial charge in [-0.25, -0.2) is 0 Å². The highest BCUT2D eigenvalue weighted by molar-refractivity contribution is 9.10. The number of nitrogens with one attached hydrogen (secondary N) is 2. The number of aryl methyl sites for hydroxylation is 4. The van der Waals surface area contributed by atoms with Gasteiger partial charge in [0.1, 0.15) is 11.5 Å². The first-order chi connectivity index (χ1) is 21.4. The van der Waals surface area contributed by atoms with Gasteiger partial charge in [0.05, 0.1) is 22.2 Å². The molecule has 0 saturated carbocycles. The monoisotopic (exact) mass is 808 g/mol. The van der Waals surface area contributed by atoms with Gasteiger partial charge < -0.3 is 20.5 Å². The van der Waals surface area contributed by atoms with Crippen molar-refractivity contribution in [2.75, 3.05) is 6.26 Å². The summed E-state index contributed by atoms with van der Waals surface area (Å²) in [6.07, 6.45) is 3.50. The summed E-state index contributed by atoms with van der Waals surface area (Å²) >= 11 is 13.9. The Morgan fingerprint density at radius 3 is 1.64 bits per heavy atom. The quantitative estimate of drug-likeness (QED) is 0.242. The predicted octanol–water partition coefficient (Wildman–Crippen LogP) is 10.0. The van der Waals surface area contributed by atoms with Crippen LogP contribution < -0.4 is 10.6 Å². The molecule has 2 aromatic rings. The molecule has 0 radical (unpaired) electrons. The Labute approximate surface area is 308 Å². The molecule has 2 aliphatic rings. The van der Waals surface area contributed by atoms with Gasteiger partial charge in [-0.1, -0.05) is 105 Å². The van der Waals surface area contributed by atoms with Gasteiger partial charge in [0, 0.05) is 20.1 Å². The smallest absolute Gasteiger partial charge is 0.256 e. The zero-order valence-corrected chi connectivity index (χ0v) is 33.4. The van der Waals surface area contributed by atoms with E-state index in [0.717, 1.165) is 55.2 Å². The molecule has 2 unspecified atom stereocenters. The van der Waals surface area contributed by atoms with Crippen LogP contribution in [0.2, 0.25) is 0 Å². The molecule has 2 aliphatic heterocycles. The third-order valence-corrected chi connectivity index (χ3v) is 11.4. The summed E-state index contributed by atoms with van der Waals surface area (Å²) in [5.41, 5.74) is 5.84. The highest BCUT2D eigenvalue weighted by Crippen LogP contribution is 2.43.